The molecule has 0 aliphatic heterocycles. The highest BCUT2D eigenvalue weighted by molar-refractivity contribution is 7.17. The normalized spacial score (nSPS) is 12.9. The number of carbonyl (C=O) groups excluding carboxylic acids is 1. The first kappa shape index (κ1) is 24.7. The molecule has 0 aliphatic rings. The summed E-state index contributed by atoms with van der Waals surface area (Å²) in [5.41, 5.74) is -7.33. The molecule has 14 heteroatoms. The number of aliphatic hydroxyl groups excluding tert-OH is 1. The number of rotatable bonds is 5. The molecule has 0 saturated carbocycles. The van der Waals surface area contributed by atoms with Crippen molar-refractivity contribution < 1.29 is 46.1 Å². The molecule has 2 rings (SSSR count). The van der Waals surface area contributed by atoms with Gasteiger partial charge >= 0.3 is 18.3 Å². The first-order valence-electron chi connectivity index (χ1n) is 7.83. The van der Waals surface area contributed by atoms with Crippen molar-refractivity contribution in [2.75, 3.05) is 6.61 Å². The monoisotopic (exact) mass is 497 g/mol. The molecule has 166 valence electrons. The van der Waals surface area contributed by atoms with Crippen molar-refractivity contribution in [3.05, 3.63) is 38.4 Å². The Morgan fingerprint density at radius 2 is 1.70 bits per heavy atom. The molecule has 0 unspecified atom stereocenters. The van der Waals surface area contributed by atoms with E-state index in [1.54, 1.807) is 0 Å². The summed E-state index contributed by atoms with van der Waals surface area (Å²) >= 11 is 12.3. The van der Waals surface area contributed by atoms with Crippen molar-refractivity contribution in [3.8, 4) is 10.4 Å². The van der Waals surface area contributed by atoms with Crippen LogP contribution in [-0.4, -0.2) is 40.1 Å². The van der Waals surface area contributed by atoms with Crippen molar-refractivity contribution in [1.29, 1.82) is 0 Å². The van der Waals surface area contributed by atoms with Gasteiger partial charge in [0.05, 0.1) is 33.8 Å². The first-order valence-corrected chi connectivity index (χ1v) is 9.40. The van der Waals surface area contributed by atoms with Crippen molar-refractivity contribution in [2.45, 2.75) is 31.5 Å². The molecule has 2 N–H and O–H groups in total. The van der Waals surface area contributed by atoms with Crippen LogP contribution in [0.25, 0.3) is 10.4 Å². The Morgan fingerprint density at radius 1 is 1.13 bits per heavy atom. The number of hydrogen-bond donors (Lipinski definition) is 2. The molecule has 0 bridgehead atoms. The Balaban J connectivity index is 2.70. The second-order valence-electron chi connectivity index (χ2n) is 5.67. The zero-order valence-corrected chi connectivity index (χ0v) is 17.0. The van der Waals surface area contributed by atoms with Crippen LogP contribution in [0, 0.1) is 0 Å². The van der Waals surface area contributed by atoms with Gasteiger partial charge in [0.25, 0.3) is 5.60 Å². The highest BCUT2D eigenvalue weighted by Gasteiger charge is 2.72. The molecule has 1 heterocycles. The van der Waals surface area contributed by atoms with E-state index in [0.717, 1.165) is 6.07 Å². The fourth-order valence-corrected chi connectivity index (χ4v) is 4.04. The van der Waals surface area contributed by atoms with E-state index in [4.69, 9.17) is 27.9 Å². The van der Waals surface area contributed by atoms with E-state index in [9.17, 15) is 41.4 Å². The van der Waals surface area contributed by atoms with Crippen LogP contribution in [0.1, 0.15) is 28.0 Å². The topological polar surface area (TPSA) is 79.7 Å². The van der Waals surface area contributed by atoms with Crippen molar-refractivity contribution in [1.82, 2.24) is 4.98 Å². The summed E-state index contributed by atoms with van der Waals surface area (Å²) in [7, 11) is 0. The van der Waals surface area contributed by atoms with Gasteiger partial charge in [0.2, 0.25) is 5.01 Å². The van der Waals surface area contributed by atoms with Crippen LogP contribution in [-0.2, 0) is 16.9 Å². The Hall–Kier alpha value is -1.60. The maximum absolute atomic E-state index is 13.1. The van der Waals surface area contributed by atoms with Gasteiger partial charge in [-0.1, -0.05) is 35.3 Å². The lowest BCUT2D eigenvalue weighted by molar-refractivity contribution is -0.376. The number of benzene rings is 1. The van der Waals surface area contributed by atoms with Gasteiger partial charge in [-0.25, -0.2) is 9.78 Å². The summed E-state index contributed by atoms with van der Waals surface area (Å²) in [5.74, 6) is -0.856. The summed E-state index contributed by atoms with van der Waals surface area (Å²) in [6.45, 7) is 0.810. The average molecular weight is 498 g/mol. The molecule has 2 aromatic rings. The molecule has 1 aromatic heterocycles. The lowest BCUT2D eigenvalue weighted by atomic mass is 9.91. The standard InChI is InChI=1S/C16H11Cl2F6NO4S/c1-2-29-13(27)12-25-8(5-26)11(30-12)6-3-4-7(10(18)9(6)17)14(28,15(19,20)21)16(22,23)24/h3-4,26,28H,2,5H2,1H3. The van der Waals surface area contributed by atoms with Gasteiger partial charge in [0.1, 0.15) is 0 Å². The lowest BCUT2D eigenvalue weighted by Gasteiger charge is -2.33. The Bertz CT molecular complexity index is 946. The average Bonchev–Trinajstić information content (AvgIpc) is 3.06. The zero-order chi connectivity index (χ0) is 23.1. The number of thiazole rings is 1. The van der Waals surface area contributed by atoms with Crippen molar-refractivity contribution in [2.24, 2.45) is 0 Å². The summed E-state index contributed by atoms with van der Waals surface area (Å²) in [6, 6.07) is 1.06. The number of nitrogens with zero attached hydrogens (tertiary/aromatic N) is 1. The number of aromatic nitrogens is 1. The molecule has 0 aliphatic carbocycles. The minimum atomic E-state index is -6.16. The fraction of sp³-hybridized carbons (Fsp3) is 0.375. The number of carbonyl (C=O) groups is 1. The number of esters is 1. The number of halogens is 8. The minimum absolute atomic E-state index is 0.0109. The molecular weight excluding hydrogens is 487 g/mol. The van der Waals surface area contributed by atoms with E-state index in [-0.39, 0.29) is 27.7 Å². The van der Waals surface area contributed by atoms with Gasteiger partial charge in [0, 0.05) is 11.1 Å². The van der Waals surface area contributed by atoms with Gasteiger partial charge < -0.3 is 14.9 Å². The van der Waals surface area contributed by atoms with E-state index in [0.29, 0.717) is 17.4 Å². The van der Waals surface area contributed by atoms with Crippen molar-refractivity contribution >= 4 is 40.5 Å². The van der Waals surface area contributed by atoms with Crippen LogP contribution in [0.15, 0.2) is 12.1 Å². The van der Waals surface area contributed by atoms with Crippen molar-refractivity contribution in [3.63, 3.8) is 0 Å². The third kappa shape index (κ3) is 4.11. The Morgan fingerprint density at radius 3 is 2.17 bits per heavy atom. The Labute approximate surface area is 178 Å². The predicted octanol–water partition coefficient (Wildman–Crippen LogP) is 5.10. The van der Waals surface area contributed by atoms with Gasteiger partial charge in [-0.2, -0.15) is 26.3 Å². The molecule has 0 atom stereocenters. The van der Waals surface area contributed by atoms with E-state index in [1.165, 1.54) is 6.92 Å². The third-order valence-corrected chi connectivity index (χ3v) is 5.83. The highest BCUT2D eigenvalue weighted by atomic mass is 35.5. The molecule has 0 spiro atoms. The molecule has 30 heavy (non-hydrogen) atoms. The molecular formula is C16H11Cl2F6NO4S. The van der Waals surface area contributed by atoms with E-state index in [1.807, 2.05) is 0 Å². The van der Waals surface area contributed by atoms with Gasteiger partial charge in [0.15, 0.2) is 0 Å². The number of ether oxygens (including phenoxy) is 1. The van der Waals surface area contributed by atoms with Crippen LogP contribution in [0.4, 0.5) is 26.3 Å². The third-order valence-electron chi connectivity index (χ3n) is 3.83. The van der Waals surface area contributed by atoms with Gasteiger partial charge in [-0.3, -0.25) is 0 Å². The summed E-state index contributed by atoms with van der Waals surface area (Å²) in [6.07, 6.45) is -12.3. The summed E-state index contributed by atoms with van der Waals surface area (Å²) < 4.78 is 83.6. The van der Waals surface area contributed by atoms with E-state index in [2.05, 4.69) is 4.98 Å². The quantitative estimate of drug-likeness (QED) is 0.443. The molecule has 5 nitrogen and oxygen atoms in total. The van der Waals surface area contributed by atoms with Crippen LogP contribution in [0.5, 0.6) is 0 Å². The lowest BCUT2D eigenvalue weighted by Crippen LogP contribution is -2.54. The van der Waals surface area contributed by atoms with Crippen LogP contribution in [0.3, 0.4) is 0 Å². The fourth-order valence-electron chi connectivity index (χ4n) is 2.42. The molecule has 1 aromatic carbocycles. The highest BCUT2D eigenvalue weighted by Crippen LogP contribution is 2.53. The molecule has 0 fully saturated rings. The number of hydrogen-bond acceptors (Lipinski definition) is 6. The number of alkyl halides is 6. The van der Waals surface area contributed by atoms with Crippen LogP contribution >= 0.6 is 34.5 Å². The Kier molecular flexibility index (Phi) is 6.99. The maximum atomic E-state index is 13.1. The largest absolute Gasteiger partial charge is 0.461 e. The predicted molar refractivity (Wildman–Crippen MR) is 95.5 cm³/mol. The minimum Gasteiger partial charge on any atom is -0.461 e. The first-order chi connectivity index (χ1) is 13.7. The van der Waals surface area contributed by atoms with Gasteiger partial charge in [-0.05, 0) is 6.92 Å². The second kappa shape index (κ2) is 8.50. The zero-order valence-electron chi connectivity index (χ0n) is 14.7. The second-order valence-corrected chi connectivity index (χ2v) is 7.42. The SMILES string of the molecule is CCOC(=O)c1nc(CO)c(-c2ccc(C(O)(C(F)(F)F)C(F)(F)F)c(Cl)c2Cl)s1. The maximum Gasteiger partial charge on any atom is 0.430 e. The molecule has 0 saturated heterocycles. The summed E-state index contributed by atoms with van der Waals surface area (Å²) in [5, 5.41) is 16.8. The van der Waals surface area contributed by atoms with E-state index >= 15 is 0 Å². The molecule has 0 amide bonds. The number of aliphatic hydroxyl groups is 2. The van der Waals surface area contributed by atoms with Gasteiger partial charge in [-0.15, -0.1) is 11.3 Å². The van der Waals surface area contributed by atoms with Crippen LogP contribution in [0.2, 0.25) is 10.0 Å². The van der Waals surface area contributed by atoms with E-state index < -0.39 is 46.1 Å². The smallest absolute Gasteiger partial charge is 0.430 e. The molecule has 0 radical (unpaired) electrons. The van der Waals surface area contributed by atoms with Crippen LogP contribution < -0.4 is 0 Å². The summed E-state index contributed by atoms with van der Waals surface area (Å²) in [4.78, 5) is 15.6.